The van der Waals surface area contributed by atoms with Gasteiger partial charge in [0, 0.05) is 18.4 Å². The SMILES string of the molecule is O=C(O)C1CC(=O)N(c2cnc3ccccc3c2)C1. The van der Waals surface area contributed by atoms with Crippen LogP contribution in [0.5, 0.6) is 0 Å². The fourth-order valence-electron chi connectivity index (χ4n) is 2.33. The molecule has 0 spiro atoms. The molecule has 5 heteroatoms. The van der Waals surface area contributed by atoms with Crippen molar-refractivity contribution in [3.8, 4) is 0 Å². The Balaban J connectivity index is 1.96. The smallest absolute Gasteiger partial charge is 0.308 e. The van der Waals surface area contributed by atoms with Gasteiger partial charge >= 0.3 is 5.97 Å². The summed E-state index contributed by atoms with van der Waals surface area (Å²) in [6.45, 7) is 0.216. The standard InChI is InChI=1S/C14H12N2O3/c17-13-6-10(14(18)19)8-16(13)11-5-9-3-1-2-4-12(9)15-7-11/h1-5,7,10H,6,8H2,(H,18,19). The molecule has 19 heavy (non-hydrogen) atoms. The summed E-state index contributed by atoms with van der Waals surface area (Å²) >= 11 is 0. The highest BCUT2D eigenvalue weighted by atomic mass is 16.4. The molecule has 1 aliphatic rings. The van der Waals surface area contributed by atoms with Crippen molar-refractivity contribution >= 4 is 28.5 Å². The summed E-state index contributed by atoms with van der Waals surface area (Å²) in [7, 11) is 0. The fourth-order valence-corrected chi connectivity index (χ4v) is 2.33. The van der Waals surface area contributed by atoms with Crippen LogP contribution >= 0.6 is 0 Å². The predicted octanol–water partition coefficient (Wildman–Crippen LogP) is 1.67. The number of nitrogens with zero attached hydrogens (tertiary/aromatic N) is 2. The summed E-state index contributed by atoms with van der Waals surface area (Å²) in [4.78, 5) is 28.6. The number of carbonyl (C=O) groups is 2. The molecule has 5 nitrogen and oxygen atoms in total. The van der Waals surface area contributed by atoms with E-state index in [0.717, 1.165) is 10.9 Å². The van der Waals surface area contributed by atoms with Crippen LogP contribution in [0.15, 0.2) is 36.5 Å². The Morgan fingerprint density at radius 2 is 2.16 bits per heavy atom. The maximum absolute atomic E-state index is 11.9. The highest BCUT2D eigenvalue weighted by Crippen LogP contribution is 2.26. The number of hydrogen-bond acceptors (Lipinski definition) is 3. The molecular formula is C14H12N2O3. The third-order valence-corrected chi connectivity index (χ3v) is 3.36. The quantitative estimate of drug-likeness (QED) is 0.887. The number of anilines is 1. The van der Waals surface area contributed by atoms with E-state index >= 15 is 0 Å². The summed E-state index contributed by atoms with van der Waals surface area (Å²) in [6, 6.07) is 9.48. The third kappa shape index (κ3) is 2.03. The Labute approximate surface area is 109 Å². The molecular weight excluding hydrogens is 244 g/mol. The van der Waals surface area contributed by atoms with Crippen LogP contribution in [-0.2, 0) is 9.59 Å². The van der Waals surface area contributed by atoms with Crippen molar-refractivity contribution in [3.05, 3.63) is 36.5 Å². The molecule has 1 aliphatic heterocycles. The minimum atomic E-state index is -0.926. The molecule has 3 rings (SSSR count). The summed E-state index contributed by atoms with van der Waals surface area (Å²) < 4.78 is 0. The Morgan fingerprint density at radius 1 is 1.37 bits per heavy atom. The molecule has 1 aromatic heterocycles. The van der Waals surface area contributed by atoms with E-state index in [1.54, 1.807) is 6.20 Å². The Kier molecular flexibility index (Phi) is 2.67. The first-order valence-electron chi connectivity index (χ1n) is 6.03. The number of rotatable bonds is 2. The number of para-hydroxylation sites is 1. The van der Waals surface area contributed by atoms with Gasteiger partial charge in [0.25, 0.3) is 0 Å². The van der Waals surface area contributed by atoms with E-state index in [2.05, 4.69) is 4.98 Å². The molecule has 96 valence electrons. The molecule has 2 heterocycles. The number of carboxylic acid groups (broad SMARTS) is 1. The Morgan fingerprint density at radius 3 is 2.89 bits per heavy atom. The van der Waals surface area contributed by atoms with E-state index in [0.29, 0.717) is 5.69 Å². The van der Waals surface area contributed by atoms with Gasteiger partial charge in [0.15, 0.2) is 0 Å². The summed E-state index contributed by atoms with van der Waals surface area (Å²) in [5.74, 6) is -1.71. The topological polar surface area (TPSA) is 70.5 Å². The second kappa shape index (κ2) is 4.35. The van der Waals surface area contributed by atoms with Crippen molar-refractivity contribution in [1.82, 2.24) is 4.98 Å². The lowest BCUT2D eigenvalue weighted by atomic mass is 10.1. The molecule has 0 saturated carbocycles. The Bertz CT molecular complexity index is 669. The van der Waals surface area contributed by atoms with Gasteiger partial charge in [-0.2, -0.15) is 0 Å². The molecule has 2 aromatic rings. The largest absolute Gasteiger partial charge is 0.481 e. The molecule has 1 saturated heterocycles. The first-order valence-corrected chi connectivity index (χ1v) is 6.03. The van der Waals surface area contributed by atoms with Crippen LogP contribution in [-0.4, -0.2) is 28.5 Å². The van der Waals surface area contributed by atoms with Crippen molar-refractivity contribution in [2.75, 3.05) is 11.4 Å². The zero-order valence-electron chi connectivity index (χ0n) is 10.1. The molecule has 1 fully saturated rings. The number of pyridine rings is 1. The van der Waals surface area contributed by atoms with Crippen LogP contribution in [0.3, 0.4) is 0 Å². The van der Waals surface area contributed by atoms with Gasteiger partial charge in [-0.15, -0.1) is 0 Å². The second-order valence-electron chi connectivity index (χ2n) is 4.63. The Hall–Kier alpha value is -2.43. The van der Waals surface area contributed by atoms with E-state index in [1.807, 2.05) is 30.3 Å². The van der Waals surface area contributed by atoms with E-state index in [-0.39, 0.29) is 18.9 Å². The van der Waals surface area contributed by atoms with Crippen molar-refractivity contribution < 1.29 is 14.7 Å². The molecule has 1 amide bonds. The first-order chi connectivity index (χ1) is 9.15. The van der Waals surface area contributed by atoms with E-state index in [1.165, 1.54) is 4.90 Å². The number of hydrogen-bond donors (Lipinski definition) is 1. The lowest BCUT2D eigenvalue weighted by Crippen LogP contribution is -2.25. The van der Waals surface area contributed by atoms with Crippen molar-refractivity contribution in [3.63, 3.8) is 0 Å². The first kappa shape index (κ1) is 11.6. The van der Waals surface area contributed by atoms with E-state index < -0.39 is 11.9 Å². The summed E-state index contributed by atoms with van der Waals surface area (Å²) in [5.41, 5.74) is 1.51. The zero-order chi connectivity index (χ0) is 13.4. The van der Waals surface area contributed by atoms with E-state index in [4.69, 9.17) is 5.11 Å². The van der Waals surface area contributed by atoms with Gasteiger partial charge in [0.05, 0.1) is 23.3 Å². The van der Waals surface area contributed by atoms with Crippen molar-refractivity contribution in [1.29, 1.82) is 0 Å². The number of fused-ring (bicyclic) bond motifs is 1. The summed E-state index contributed by atoms with van der Waals surface area (Å²) in [5, 5.41) is 9.91. The number of benzene rings is 1. The van der Waals surface area contributed by atoms with Gasteiger partial charge in [0.1, 0.15) is 0 Å². The second-order valence-corrected chi connectivity index (χ2v) is 4.63. The molecule has 1 unspecified atom stereocenters. The number of carboxylic acids is 1. The van der Waals surface area contributed by atoms with Crippen LogP contribution in [0.1, 0.15) is 6.42 Å². The van der Waals surface area contributed by atoms with Crippen LogP contribution in [0.25, 0.3) is 10.9 Å². The normalized spacial score (nSPS) is 19.1. The van der Waals surface area contributed by atoms with Crippen LogP contribution in [0.2, 0.25) is 0 Å². The van der Waals surface area contributed by atoms with Gasteiger partial charge < -0.3 is 10.0 Å². The van der Waals surface area contributed by atoms with Crippen LogP contribution in [0, 0.1) is 5.92 Å². The highest BCUT2D eigenvalue weighted by molar-refractivity contribution is 6.00. The van der Waals surface area contributed by atoms with E-state index in [9.17, 15) is 9.59 Å². The maximum atomic E-state index is 11.9. The molecule has 1 atom stereocenters. The van der Waals surface area contributed by atoms with Gasteiger partial charge in [-0.25, -0.2) is 0 Å². The summed E-state index contributed by atoms with van der Waals surface area (Å²) in [6.07, 6.45) is 1.67. The molecule has 1 aromatic carbocycles. The highest BCUT2D eigenvalue weighted by Gasteiger charge is 2.35. The van der Waals surface area contributed by atoms with Crippen LogP contribution < -0.4 is 4.90 Å². The lowest BCUT2D eigenvalue weighted by molar-refractivity contribution is -0.141. The number of aliphatic carboxylic acids is 1. The zero-order valence-corrected chi connectivity index (χ0v) is 10.1. The van der Waals surface area contributed by atoms with Gasteiger partial charge in [0.2, 0.25) is 5.91 Å². The molecule has 0 aliphatic carbocycles. The molecule has 0 radical (unpaired) electrons. The average Bonchev–Trinajstić information content (AvgIpc) is 2.80. The monoisotopic (exact) mass is 256 g/mol. The van der Waals surface area contributed by atoms with Gasteiger partial charge in [-0.1, -0.05) is 18.2 Å². The number of carbonyl (C=O) groups excluding carboxylic acids is 1. The molecule has 1 N–H and O–H groups in total. The van der Waals surface area contributed by atoms with Crippen molar-refractivity contribution in [2.45, 2.75) is 6.42 Å². The lowest BCUT2D eigenvalue weighted by Gasteiger charge is -2.16. The average molecular weight is 256 g/mol. The number of aromatic nitrogens is 1. The minimum absolute atomic E-state index is 0.0577. The third-order valence-electron chi connectivity index (χ3n) is 3.36. The molecule has 0 bridgehead atoms. The minimum Gasteiger partial charge on any atom is -0.481 e. The number of amides is 1. The predicted molar refractivity (Wildman–Crippen MR) is 69.8 cm³/mol. The van der Waals surface area contributed by atoms with Crippen molar-refractivity contribution in [2.24, 2.45) is 5.92 Å². The van der Waals surface area contributed by atoms with Gasteiger partial charge in [-0.05, 0) is 12.1 Å². The van der Waals surface area contributed by atoms with Gasteiger partial charge in [-0.3, -0.25) is 14.6 Å². The van der Waals surface area contributed by atoms with Crippen LogP contribution in [0.4, 0.5) is 5.69 Å². The maximum Gasteiger partial charge on any atom is 0.308 e. The fraction of sp³-hybridized carbons (Fsp3) is 0.214.